The molecule has 2 heteroatoms. The Morgan fingerprint density at radius 1 is 1.17 bits per heavy atom. The van der Waals surface area contributed by atoms with Crippen molar-refractivity contribution in [2.24, 2.45) is 0 Å². The van der Waals surface area contributed by atoms with Gasteiger partial charge in [-0.25, -0.2) is 9.78 Å². The van der Waals surface area contributed by atoms with Gasteiger partial charge in [-0.15, -0.1) is 0 Å². The molecule has 0 bridgehead atoms. The van der Waals surface area contributed by atoms with E-state index in [9.17, 15) is 0 Å². The van der Waals surface area contributed by atoms with Gasteiger partial charge in [-0.05, 0) is 19.3 Å². The van der Waals surface area contributed by atoms with Crippen molar-refractivity contribution in [2.45, 2.75) is 58.0 Å². The summed E-state index contributed by atoms with van der Waals surface area (Å²) in [6, 6.07) is 0. The van der Waals surface area contributed by atoms with Crippen LogP contribution in [-0.4, -0.2) is 12.7 Å². The van der Waals surface area contributed by atoms with Crippen LogP contribution in [0.2, 0.25) is 0 Å². The third kappa shape index (κ3) is 4.07. The molecule has 0 N–H and O–H groups in total. The van der Waals surface area contributed by atoms with E-state index in [1.54, 1.807) is 0 Å². The first kappa shape index (κ1) is 10.0. The first-order valence-corrected chi connectivity index (χ1v) is 5.21. The van der Waals surface area contributed by atoms with Gasteiger partial charge in [-0.3, -0.25) is 0 Å². The van der Waals surface area contributed by atoms with Crippen LogP contribution < -0.4 is 0 Å². The zero-order valence-electron chi connectivity index (χ0n) is 8.05. The second-order valence-corrected chi connectivity index (χ2v) is 3.53. The summed E-state index contributed by atoms with van der Waals surface area (Å²) < 4.78 is 0. The van der Waals surface area contributed by atoms with Crippen LogP contribution in [-0.2, 0) is 9.78 Å². The minimum absolute atomic E-state index is 0.385. The van der Waals surface area contributed by atoms with Gasteiger partial charge in [0.1, 0.15) is 0 Å². The van der Waals surface area contributed by atoms with E-state index in [4.69, 9.17) is 9.78 Å². The van der Waals surface area contributed by atoms with E-state index in [0.717, 1.165) is 13.0 Å². The Bertz CT molecular complexity index is 98.0. The summed E-state index contributed by atoms with van der Waals surface area (Å²) in [5.74, 6) is 0. The van der Waals surface area contributed by atoms with Gasteiger partial charge in [-0.2, -0.15) is 0 Å². The largest absolute Gasteiger partial charge is 0.236 e. The van der Waals surface area contributed by atoms with E-state index in [-0.39, 0.29) is 0 Å². The Morgan fingerprint density at radius 2 is 1.92 bits per heavy atom. The smallest absolute Gasteiger partial charge is 0.0930 e. The molecule has 0 atom stereocenters. The molecule has 0 spiro atoms. The van der Waals surface area contributed by atoms with Gasteiger partial charge in [0.05, 0.1) is 12.7 Å². The molecule has 1 rings (SSSR count). The van der Waals surface area contributed by atoms with Crippen molar-refractivity contribution >= 4 is 0 Å². The minimum Gasteiger partial charge on any atom is -0.236 e. The van der Waals surface area contributed by atoms with Crippen molar-refractivity contribution in [1.29, 1.82) is 0 Å². The van der Waals surface area contributed by atoms with Gasteiger partial charge in [0.15, 0.2) is 0 Å². The van der Waals surface area contributed by atoms with Crippen LogP contribution in [0.1, 0.15) is 51.9 Å². The lowest BCUT2D eigenvalue weighted by Gasteiger charge is -2.20. The molecule has 0 heterocycles. The van der Waals surface area contributed by atoms with Crippen molar-refractivity contribution in [3.63, 3.8) is 0 Å². The fourth-order valence-corrected chi connectivity index (χ4v) is 1.51. The maximum Gasteiger partial charge on any atom is 0.0930 e. The topological polar surface area (TPSA) is 18.5 Å². The maximum absolute atomic E-state index is 5.28. The summed E-state index contributed by atoms with van der Waals surface area (Å²) in [5, 5.41) is 0. The molecule has 1 aliphatic rings. The fraction of sp³-hybridized carbons (Fsp3) is 1.00. The minimum atomic E-state index is 0.385. The summed E-state index contributed by atoms with van der Waals surface area (Å²) >= 11 is 0. The van der Waals surface area contributed by atoms with E-state index >= 15 is 0 Å². The average Bonchev–Trinajstić information content (AvgIpc) is 2.14. The maximum atomic E-state index is 5.28. The van der Waals surface area contributed by atoms with Gasteiger partial charge < -0.3 is 0 Å². The lowest BCUT2D eigenvalue weighted by Crippen LogP contribution is -2.17. The number of unbranched alkanes of at least 4 members (excludes halogenated alkanes) is 1. The Labute approximate surface area is 75.2 Å². The number of hydrogen-bond acceptors (Lipinski definition) is 2. The normalized spacial score (nSPS) is 19.8. The molecule has 0 radical (unpaired) electrons. The van der Waals surface area contributed by atoms with Crippen molar-refractivity contribution in [3.8, 4) is 0 Å². The molecular weight excluding hydrogens is 152 g/mol. The summed E-state index contributed by atoms with van der Waals surface area (Å²) in [6.07, 6.45) is 9.02. The first-order chi connectivity index (χ1) is 5.93. The highest BCUT2D eigenvalue weighted by Crippen LogP contribution is 2.20. The van der Waals surface area contributed by atoms with Crippen LogP contribution in [0.25, 0.3) is 0 Å². The predicted octanol–water partition coefficient (Wildman–Crippen LogP) is 3.07. The highest BCUT2D eigenvalue weighted by atomic mass is 17.2. The molecule has 0 aromatic heterocycles. The highest BCUT2D eigenvalue weighted by Gasteiger charge is 2.14. The van der Waals surface area contributed by atoms with Crippen LogP contribution in [0.3, 0.4) is 0 Å². The van der Waals surface area contributed by atoms with Crippen molar-refractivity contribution in [2.75, 3.05) is 6.61 Å². The summed E-state index contributed by atoms with van der Waals surface area (Å²) in [5.41, 5.74) is 0. The van der Waals surface area contributed by atoms with E-state index in [1.807, 2.05) is 0 Å². The molecule has 0 aromatic carbocycles. The van der Waals surface area contributed by atoms with Crippen LogP contribution >= 0.6 is 0 Å². The third-order valence-corrected chi connectivity index (χ3v) is 2.34. The molecule has 1 saturated carbocycles. The molecule has 72 valence electrons. The first-order valence-electron chi connectivity index (χ1n) is 5.21. The monoisotopic (exact) mass is 172 g/mol. The molecule has 0 unspecified atom stereocenters. The summed E-state index contributed by atoms with van der Waals surface area (Å²) in [6.45, 7) is 2.91. The molecule has 1 fully saturated rings. The molecule has 2 nitrogen and oxygen atoms in total. The molecule has 1 aliphatic carbocycles. The second-order valence-electron chi connectivity index (χ2n) is 3.53. The van der Waals surface area contributed by atoms with Crippen molar-refractivity contribution < 1.29 is 9.78 Å². The summed E-state index contributed by atoms with van der Waals surface area (Å²) in [7, 11) is 0. The van der Waals surface area contributed by atoms with Crippen LogP contribution in [0, 0.1) is 0 Å². The highest BCUT2D eigenvalue weighted by molar-refractivity contribution is 4.63. The standard InChI is InChI=1S/C10H20O2/c1-2-3-9-11-12-10-7-5-4-6-8-10/h10H,2-9H2,1H3. The second kappa shape index (κ2) is 6.44. The Hall–Kier alpha value is -0.0800. The van der Waals surface area contributed by atoms with Crippen LogP contribution in [0.15, 0.2) is 0 Å². The molecule has 0 aliphatic heterocycles. The van der Waals surface area contributed by atoms with Crippen LogP contribution in [0.4, 0.5) is 0 Å². The summed E-state index contributed by atoms with van der Waals surface area (Å²) in [4.78, 5) is 10.4. The number of hydrogen-bond donors (Lipinski definition) is 0. The molecule has 12 heavy (non-hydrogen) atoms. The zero-order chi connectivity index (χ0) is 8.65. The fourth-order valence-electron chi connectivity index (χ4n) is 1.51. The van der Waals surface area contributed by atoms with E-state index in [0.29, 0.717) is 6.10 Å². The average molecular weight is 172 g/mol. The van der Waals surface area contributed by atoms with Gasteiger partial charge in [-0.1, -0.05) is 32.6 Å². The lowest BCUT2D eigenvalue weighted by atomic mass is 9.98. The Morgan fingerprint density at radius 3 is 2.58 bits per heavy atom. The predicted molar refractivity (Wildman–Crippen MR) is 48.8 cm³/mol. The Balaban J connectivity index is 1.91. The van der Waals surface area contributed by atoms with Crippen LogP contribution in [0.5, 0.6) is 0 Å². The van der Waals surface area contributed by atoms with Crippen molar-refractivity contribution in [3.05, 3.63) is 0 Å². The molecule has 0 saturated heterocycles. The molecular formula is C10H20O2. The Kier molecular flexibility index (Phi) is 5.37. The van der Waals surface area contributed by atoms with E-state index in [2.05, 4.69) is 6.92 Å². The molecule has 0 amide bonds. The van der Waals surface area contributed by atoms with E-state index < -0.39 is 0 Å². The van der Waals surface area contributed by atoms with Gasteiger partial charge in [0, 0.05) is 0 Å². The van der Waals surface area contributed by atoms with Gasteiger partial charge in [0.2, 0.25) is 0 Å². The lowest BCUT2D eigenvalue weighted by molar-refractivity contribution is -0.328. The van der Waals surface area contributed by atoms with E-state index in [1.165, 1.54) is 38.5 Å². The quantitative estimate of drug-likeness (QED) is 0.360. The third-order valence-electron chi connectivity index (χ3n) is 2.34. The molecule has 0 aromatic rings. The number of rotatable bonds is 5. The SMILES string of the molecule is CCCCOOC1CCCCC1. The zero-order valence-corrected chi connectivity index (χ0v) is 8.05. The van der Waals surface area contributed by atoms with Gasteiger partial charge >= 0.3 is 0 Å². The van der Waals surface area contributed by atoms with Gasteiger partial charge in [0.25, 0.3) is 0 Å². The van der Waals surface area contributed by atoms with Crippen molar-refractivity contribution in [1.82, 2.24) is 0 Å².